The van der Waals surface area contributed by atoms with Crippen molar-refractivity contribution in [2.45, 2.75) is 34.7 Å². The molecule has 3 heterocycles. The third kappa shape index (κ3) is 4.13. The van der Waals surface area contributed by atoms with E-state index in [9.17, 15) is 37.5 Å². The highest BCUT2D eigenvalue weighted by Crippen LogP contribution is 2.66. The molecule has 244 valence electrons. The maximum atomic E-state index is 14.2. The van der Waals surface area contributed by atoms with E-state index in [2.05, 4.69) is 4.98 Å². The van der Waals surface area contributed by atoms with Gasteiger partial charge in [0.2, 0.25) is 0 Å². The van der Waals surface area contributed by atoms with Crippen LogP contribution in [-0.4, -0.2) is 67.5 Å². The molecule has 47 heavy (non-hydrogen) atoms. The largest absolute Gasteiger partial charge is 0.507 e. The first kappa shape index (κ1) is 31.7. The van der Waals surface area contributed by atoms with Crippen molar-refractivity contribution in [3.8, 4) is 5.75 Å². The number of hydrogen-bond donors (Lipinski definition) is 1. The van der Waals surface area contributed by atoms with E-state index < -0.39 is 74.7 Å². The van der Waals surface area contributed by atoms with Crippen molar-refractivity contribution in [3.05, 3.63) is 76.5 Å². The number of fused-ring (bicyclic) bond motifs is 5. The summed E-state index contributed by atoms with van der Waals surface area (Å²) in [5.41, 5.74) is -0.619. The number of imide groups is 2. The number of carbonyl (C=O) groups is 4. The van der Waals surface area contributed by atoms with Gasteiger partial charge in [-0.25, -0.2) is 4.98 Å². The Morgan fingerprint density at radius 1 is 0.979 bits per heavy atom. The summed E-state index contributed by atoms with van der Waals surface area (Å²) >= 11 is 20.6. The Hall–Kier alpha value is -3.87. The van der Waals surface area contributed by atoms with Crippen LogP contribution in [0.5, 0.6) is 5.75 Å². The number of hydrazine groups is 1. The number of alkyl halides is 5. The lowest BCUT2D eigenvalue weighted by Gasteiger charge is -2.50. The van der Waals surface area contributed by atoms with Crippen molar-refractivity contribution in [2.24, 2.45) is 17.8 Å². The third-order valence-corrected chi connectivity index (χ3v) is 11.7. The maximum absolute atomic E-state index is 14.2. The van der Waals surface area contributed by atoms with Gasteiger partial charge in [-0.05, 0) is 36.3 Å². The Bertz CT molecular complexity index is 1970. The van der Waals surface area contributed by atoms with Crippen molar-refractivity contribution in [2.75, 3.05) is 19.1 Å². The minimum absolute atomic E-state index is 0.000237. The van der Waals surface area contributed by atoms with Crippen LogP contribution in [0, 0.1) is 17.8 Å². The molecule has 0 bridgehead atoms. The van der Waals surface area contributed by atoms with Crippen molar-refractivity contribution in [3.63, 3.8) is 0 Å². The molecular formula is C32H24Cl3F3N4O5. The van der Waals surface area contributed by atoms with Crippen LogP contribution in [0.25, 0.3) is 10.8 Å². The van der Waals surface area contributed by atoms with Gasteiger partial charge in [-0.3, -0.25) is 29.1 Å². The predicted octanol–water partition coefficient (Wildman–Crippen LogP) is 5.65. The first-order valence-electron chi connectivity index (χ1n) is 14.5. The highest BCUT2D eigenvalue weighted by molar-refractivity contribution is 6.53. The zero-order valence-electron chi connectivity index (χ0n) is 24.6. The van der Waals surface area contributed by atoms with Crippen molar-refractivity contribution >= 4 is 75.0 Å². The van der Waals surface area contributed by atoms with Crippen LogP contribution in [-0.2, 0) is 25.4 Å². The van der Waals surface area contributed by atoms with Gasteiger partial charge in [-0.15, -0.1) is 23.2 Å². The normalized spacial score (nSPS) is 30.4. The lowest BCUT2D eigenvalue weighted by molar-refractivity contribution is -0.141. The van der Waals surface area contributed by atoms with Gasteiger partial charge in [-0.1, -0.05) is 59.6 Å². The Morgan fingerprint density at radius 2 is 1.68 bits per heavy atom. The van der Waals surface area contributed by atoms with E-state index in [0.717, 1.165) is 16.0 Å². The predicted molar refractivity (Wildman–Crippen MR) is 166 cm³/mol. The number of amides is 4. The summed E-state index contributed by atoms with van der Waals surface area (Å²) < 4.78 is 40.5. The standard InChI is InChI=1S/C32H24Cl3F3N4O5/c1-40-28(46)30(34)13-19-16(23(31(30,35)29(40)47)18-8-7-14-5-3-4-6-15(14)24(18)43)9-10-17-22(19)27(45)42(26(17)44)41(2)25-20(33)11-12-21(39-25)32(36,37)38/h3-9,11-12,17,19,22-23,43H,10,13H2,1-2H3. The molecule has 7 rings (SSSR count). The molecule has 3 aromatic rings. The second-order valence-corrected chi connectivity index (χ2v) is 13.9. The zero-order chi connectivity index (χ0) is 34.0. The van der Waals surface area contributed by atoms with Crippen molar-refractivity contribution < 1.29 is 37.5 Å². The van der Waals surface area contributed by atoms with E-state index in [-0.39, 0.29) is 29.2 Å². The van der Waals surface area contributed by atoms with E-state index in [1.807, 2.05) is 0 Å². The Balaban J connectivity index is 1.36. The number of anilines is 1. The van der Waals surface area contributed by atoms with Gasteiger partial charge >= 0.3 is 6.18 Å². The Kier molecular flexibility index (Phi) is 6.96. The molecule has 0 radical (unpaired) electrons. The average Bonchev–Trinajstić information content (AvgIpc) is 3.36. The molecule has 9 nitrogen and oxygen atoms in total. The molecule has 1 aromatic heterocycles. The molecule has 2 saturated heterocycles. The molecule has 6 atom stereocenters. The van der Waals surface area contributed by atoms with E-state index >= 15 is 0 Å². The molecule has 1 saturated carbocycles. The van der Waals surface area contributed by atoms with Gasteiger partial charge in [0.05, 0.1) is 16.9 Å². The number of allylic oxidation sites excluding steroid dienone is 2. The summed E-state index contributed by atoms with van der Waals surface area (Å²) in [5, 5.41) is 14.1. The third-order valence-electron chi connectivity index (χ3n) is 9.96. The van der Waals surface area contributed by atoms with Crippen LogP contribution in [0.3, 0.4) is 0 Å². The number of aromatic hydroxyl groups is 1. The summed E-state index contributed by atoms with van der Waals surface area (Å²) in [6.07, 6.45) is -3.44. The molecular weight excluding hydrogens is 684 g/mol. The smallest absolute Gasteiger partial charge is 0.433 e. The van der Waals surface area contributed by atoms with Crippen molar-refractivity contribution in [1.82, 2.24) is 14.9 Å². The minimum Gasteiger partial charge on any atom is -0.507 e. The second-order valence-electron chi connectivity index (χ2n) is 12.2. The molecule has 15 heteroatoms. The van der Waals surface area contributed by atoms with Gasteiger partial charge in [-0.2, -0.15) is 18.2 Å². The number of aromatic nitrogens is 1. The maximum Gasteiger partial charge on any atom is 0.433 e. The summed E-state index contributed by atoms with van der Waals surface area (Å²) in [6.45, 7) is 0. The van der Waals surface area contributed by atoms with Gasteiger partial charge in [0.15, 0.2) is 15.6 Å². The minimum atomic E-state index is -4.82. The van der Waals surface area contributed by atoms with Gasteiger partial charge in [0, 0.05) is 31.0 Å². The topological polar surface area (TPSA) is 111 Å². The molecule has 3 fully saturated rings. The van der Waals surface area contributed by atoms with Crippen LogP contribution in [0.4, 0.5) is 19.0 Å². The summed E-state index contributed by atoms with van der Waals surface area (Å²) in [7, 11) is 2.45. The quantitative estimate of drug-likeness (QED) is 0.213. The first-order chi connectivity index (χ1) is 22.0. The van der Waals surface area contributed by atoms with E-state index in [1.165, 1.54) is 14.1 Å². The second kappa shape index (κ2) is 10.3. The van der Waals surface area contributed by atoms with Crippen LogP contribution in [0.1, 0.15) is 30.0 Å². The number of phenolic OH excluding ortho intramolecular Hbond substituents is 1. The molecule has 2 aliphatic heterocycles. The molecule has 2 aliphatic carbocycles. The number of nitrogens with zero attached hydrogens (tertiary/aromatic N) is 4. The van der Waals surface area contributed by atoms with E-state index in [1.54, 1.807) is 42.5 Å². The lowest BCUT2D eigenvalue weighted by Crippen LogP contribution is -2.60. The number of likely N-dealkylation sites (tertiary alicyclic amines) is 1. The van der Waals surface area contributed by atoms with Crippen LogP contribution in [0.2, 0.25) is 5.02 Å². The number of benzene rings is 2. The average molecular weight is 708 g/mol. The number of halogens is 6. The highest BCUT2D eigenvalue weighted by atomic mass is 35.5. The molecule has 4 amide bonds. The number of pyridine rings is 1. The van der Waals surface area contributed by atoms with Crippen LogP contribution < -0.4 is 5.01 Å². The Morgan fingerprint density at radius 3 is 2.38 bits per heavy atom. The molecule has 0 spiro atoms. The highest BCUT2D eigenvalue weighted by Gasteiger charge is 2.76. The Labute approximate surface area is 280 Å². The van der Waals surface area contributed by atoms with Gasteiger partial charge in [0.1, 0.15) is 11.4 Å². The SMILES string of the molecule is CN1C(=O)C2(Cl)CC3C(=CCC4C(=O)N(N(C)c5nc(C(F)(F)F)ccc5Cl)C(=O)C43)C(c3ccc4ccccc4c3O)C2(Cl)C1=O. The van der Waals surface area contributed by atoms with Crippen LogP contribution >= 0.6 is 34.8 Å². The number of hydrogen-bond acceptors (Lipinski definition) is 7. The fourth-order valence-electron chi connectivity index (χ4n) is 7.78. The fourth-order valence-corrected chi connectivity index (χ4v) is 9.02. The van der Waals surface area contributed by atoms with Gasteiger partial charge < -0.3 is 5.11 Å². The van der Waals surface area contributed by atoms with Crippen molar-refractivity contribution in [1.29, 1.82) is 0 Å². The number of rotatable bonds is 3. The van der Waals surface area contributed by atoms with Gasteiger partial charge in [0.25, 0.3) is 23.6 Å². The van der Waals surface area contributed by atoms with Crippen LogP contribution in [0.15, 0.2) is 60.2 Å². The number of carbonyl (C=O) groups excluding carboxylic acids is 4. The van der Waals surface area contributed by atoms with E-state index in [4.69, 9.17) is 34.8 Å². The molecule has 4 aliphatic rings. The monoisotopic (exact) mass is 706 g/mol. The lowest BCUT2D eigenvalue weighted by atomic mass is 9.56. The molecule has 1 N–H and O–H groups in total. The summed E-state index contributed by atoms with van der Waals surface area (Å²) in [4.78, 5) is 55.8. The molecule has 6 unspecified atom stereocenters. The first-order valence-corrected chi connectivity index (χ1v) is 15.6. The zero-order valence-corrected chi connectivity index (χ0v) is 26.8. The number of phenols is 1. The summed E-state index contributed by atoms with van der Waals surface area (Å²) in [5.74, 6) is -7.95. The van der Waals surface area contributed by atoms with E-state index in [0.29, 0.717) is 27.4 Å². The molecule has 2 aromatic carbocycles. The fraction of sp³-hybridized carbons (Fsp3) is 0.344. The summed E-state index contributed by atoms with van der Waals surface area (Å²) in [6, 6.07) is 12.0.